The summed E-state index contributed by atoms with van der Waals surface area (Å²) in [7, 11) is 1.52. The highest BCUT2D eigenvalue weighted by atomic mass is 79.9. The predicted octanol–water partition coefficient (Wildman–Crippen LogP) is 6.17. The minimum Gasteiger partial charge on any atom is -0.496 e. The van der Waals surface area contributed by atoms with Crippen molar-refractivity contribution in [2.45, 2.75) is 5.22 Å². The summed E-state index contributed by atoms with van der Waals surface area (Å²) in [5.41, 5.74) is 2.10. The molecule has 2 aromatic carbocycles. The zero-order valence-corrected chi connectivity index (χ0v) is 19.7. The number of halogens is 2. The minimum absolute atomic E-state index is 0.0234. The highest BCUT2D eigenvalue weighted by molar-refractivity contribution is 9.10. The number of thioether (sulfide) groups is 1. The van der Waals surface area contributed by atoms with Crippen molar-refractivity contribution in [3.63, 3.8) is 0 Å². The molecule has 0 aliphatic carbocycles. The Kier molecular flexibility index (Phi) is 6.69. The fourth-order valence-electron chi connectivity index (χ4n) is 2.92. The summed E-state index contributed by atoms with van der Waals surface area (Å²) in [5.74, 6) is -0.426. The second-order valence-electron chi connectivity index (χ2n) is 6.41. The van der Waals surface area contributed by atoms with Gasteiger partial charge in [-0.1, -0.05) is 27.5 Å². The lowest BCUT2D eigenvalue weighted by Crippen LogP contribution is -1.99. The molecular formula is C22H15BrClN3O4S. The van der Waals surface area contributed by atoms with E-state index in [1.807, 2.05) is 47.2 Å². The van der Waals surface area contributed by atoms with Crippen molar-refractivity contribution in [2.75, 3.05) is 7.11 Å². The van der Waals surface area contributed by atoms with Gasteiger partial charge in [0.15, 0.2) is 0 Å². The van der Waals surface area contributed by atoms with Gasteiger partial charge in [0.25, 0.3) is 11.1 Å². The van der Waals surface area contributed by atoms with Gasteiger partial charge in [0.1, 0.15) is 10.7 Å². The Morgan fingerprint density at radius 1 is 1.22 bits per heavy atom. The largest absolute Gasteiger partial charge is 0.496 e. The van der Waals surface area contributed by atoms with Gasteiger partial charge in [-0.15, -0.1) is 10.2 Å². The van der Waals surface area contributed by atoms with Crippen molar-refractivity contribution in [1.29, 1.82) is 0 Å². The molecule has 0 atom stereocenters. The topological polar surface area (TPSA) is 90.4 Å². The first-order valence-corrected chi connectivity index (χ1v) is 11.2. The van der Waals surface area contributed by atoms with Gasteiger partial charge in [-0.2, -0.15) is 0 Å². The molecule has 0 radical (unpaired) electrons. The molecule has 2 aromatic heterocycles. The van der Waals surface area contributed by atoms with Gasteiger partial charge in [0.05, 0.1) is 12.7 Å². The molecule has 162 valence electrons. The molecule has 1 N–H and O–H groups in total. The van der Waals surface area contributed by atoms with Gasteiger partial charge < -0.3 is 18.8 Å². The Morgan fingerprint density at radius 2 is 2.00 bits per heavy atom. The Morgan fingerprint density at radius 3 is 2.72 bits per heavy atom. The molecule has 0 unspecified atom stereocenters. The van der Waals surface area contributed by atoms with Crippen molar-refractivity contribution >= 4 is 51.3 Å². The van der Waals surface area contributed by atoms with Gasteiger partial charge in [0, 0.05) is 27.1 Å². The molecule has 10 heteroatoms. The summed E-state index contributed by atoms with van der Waals surface area (Å²) in [5, 5.41) is 18.3. The van der Waals surface area contributed by atoms with Crippen LogP contribution < -0.4 is 4.74 Å². The van der Waals surface area contributed by atoms with Crippen LogP contribution >= 0.6 is 39.3 Å². The van der Waals surface area contributed by atoms with Crippen LogP contribution in [0.5, 0.6) is 5.75 Å². The van der Waals surface area contributed by atoms with E-state index in [0.717, 1.165) is 21.9 Å². The number of ether oxygens (including phenoxy) is 1. The number of carboxylic acids is 1. The standard InChI is InChI=1S/C22H15BrClN3O4S/c1-30-18-9-6-14(24)11-17(18)20-25-26-22(31-20)32-19(21(28)29)12-16-3-2-10-27(16)15-7-4-13(23)5-8-15/h2-12H,1H3,(H,28,29)/b19-12-. The van der Waals surface area contributed by atoms with E-state index in [4.69, 9.17) is 20.8 Å². The number of benzene rings is 2. The first kappa shape index (κ1) is 22.2. The summed E-state index contributed by atoms with van der Waals surface area (Å²) < 4.78 is 13.8. The van der Waals surface area contributed by atoms with Crippen molar-refractivity contribution < 1.29 is 19.1 Å². The van der Waals surface area contributed by atoms with E-state index < -0.39 is 5.97 Å². The van der Waals surface area contributed by atoms with Crippen LogP contribution in [-0.2, 0) is 4.79 Å². The van der Waals surface area contributed by atoms with Gasteiger partial charge in [-0.05, 0) is 72.4 Å². The number of methoxy groups -OCH3 is 1. The predicted molar refractivity (Wildman–Crippen MR) is 126 cm³/mol. The summed E-state index contributed by atoms with van der Waals surface area (Å²) in [4.78, 5) is 11.9. The van der Waals surface area contributed by atoms with Gasteiger partial charge >= 0.3 is 5.97 Å². The van der Waals surface area contributed by atoms with Gasteiger partial charge in [-0.3, -0.25) is 0 Å². The third kappa shape index (κ3) is 4.90. The maximum Gasteiger partial charge on any atom is 0.342 e. The summed E-state index contributed by atoms with van der Waals surface area (Å²) in [6.45, 7) is 0. The minimum atomic E-state index is -1.11. The average molecular weight is 533 g/mol. The Bertz CT molecular complexity index is 1300. The van der Waals surface area contributed by atoms with E-state index in [9.17, 15) is 9.90 Å². The van der Waals surface area contributed by atoms with E-state index in [2.05, 4.69) is 26.1 Å². The molecule has 32 heavy (non-hydrogen) atoms. The monoisotopic (exact) mass is 531 g/mol. The van der Waals surface area contributed by atoms with Crippen LogP contribution in [0.3, 0.4) is 0 Å². The third-order valence-electron chi connectivity index (χ3n) is 4.37. The van der Waals surface area contributed by atoms with Crippen LogP contribution in [0.2, 0.25) is 5.02 Å². The Balaban J connectivity index is 1.64. The van der Waals surface area contributed by atoms with E-state index in [1.165, 1.54) is 7.11 Å². The number of hydrogen-bond acceptors (Lipinski definition) is 6. The molecule has 4 aromatic rings. The molecule has 0 amide bonds. The van der Waals surface area contributed by atoms with E-state index in [0.29, 0.717) is 22.0 Å². The molecular weight excluding hydrogens is 518 g/mol. The fourth-order valence-corrected chi connectivity index (χ4v) is 4.01. The van der Waals surface area contributed by atoms with Gasteiger partial charge in [-0.25, -0.2) is 4.79 Å². The van der Waals surface area contributed by atoms with Crippen LogP contribution in [0.25, 0.3) is 23.2 Å². The maximum atomic E-state index is 11.9. The van der Waals surface area contributed by atoms with Crippen LogP contribution in [0.1, 0.15) is 5.69 Å². The van der Waals surface area contributed by atoms with Crippen LogP contribution in [0.4, 0.5) is 0 Å². The first-order chi connectivity index (χ1) is 15.4. The molecule has 0 spiro atoms. The highest BCUT2D eigenvalue weighted by Crippen LogP contribution is 2.35. The van der Waals surface area contributed by atoms with E-state index in [-0.39, 0.29) is 16.0 Å². The summed E-state index contributed by atoms with van der Waals surface area (Å²) in [6, 6.07) is 16.4. The van der Waals surface area contributed by atoms with Crippen molar-refractivity contribution in [2.24, 2.45) is 0 Å². The Labute approximate surface area is 200 Å². The zero-order valence-electron chi connectivity index (χ0n) is 16.5. The molecule has 7 nitrogen and oxygen atoms in total. The van der Waals surface area contributed by atoms with E-state index in [1.54, 1.807) is 24.3 Å². The molecule has 0 fully saturated rings. The van der Waals surface area contributed by atoms with Crippen molar-refractivity contribution in [1.82, 2.24) is 14.8 Å². The normalized spacial score (nSPS) is 11.5. The van der Waals surface area contributed by atoms with Crippen LogP contribution in [-0.4, -0.2) is 33.0 Å². The lowest BCUT2D eigenvalue weighted by atomic mass is 10.2. The number of carbonyl (C=O) groups is 1. The Hall–Kier alpha value is -3.01. The molecule has 4 rings (SSSR count). The number of rotatable bonds is 7. The summed E-state index contributed by atoms with van der Waals surface area (Å²) in [6.07, 6.45) is 3.41. The second kappa shape index (κ2) is 9.64. The lowest BCUT2D eigenvalue weighted by Gasteiger charge is -2.07. The summed E-state index contributed by atoms with van der Waals surface area (Å²) >= 11 is 10.3. The first-order valence-electron chi connectivity index (χ1n) is 9.18. The van der Waals surface area contributed by atoms with Crippen molar-refractivity contribution in [3.05, 3.63) is 80.9 Å². The highest BCUT2D eigenvalue weighted by Gasteiger charge is 2.19. The van der Waals surface area contributed by atoms with Crippen molar-refractivity contribution in [3.8, 4) is 22.9 Å². The maximum absolute atomic E-state index is 11.9. The number of hydrogen-bond donors (Lipinski definition) is 1. The van der Waals surface area contributed by atoms with Crippen LogP contribution in [0.15, 0.2) is 79.8 Å². The lowest BCUT2D eigenvalue weighted by molar-refractivity contribution is -0.131. The molecule has 0 saturated carbocycles. The second-order valence-corrected chi connectivity index (χ2v) is 8.76. The number of nitrogens with zero attached hydrogens (tertiary/aromatic N) is 3. The SMILES string of the molecule is COc1ccc(Cl)cc1-c1nnc(S/C(=C\c2cccn2-c2ccc(Br)cc2)C(=O)O)o1. The smallest absolute Gasteiger partial charge is 0.342 e. The van der Waals surface area contributed by atoms with Crippen LogP contribution in [0, 0.1) is 0 Å². The zero-order chi connectivity index (χ0) is 22.7. The molecule has 0 aliphatic rings. The van der Waals surface area contributed by atoms with E-state index >= 15 is 0 Å². The third-order valence-corrected chi connectivity index (χ3v) is 5.99. The number of aliphatic carboxylic acids is 1. The quantitative estimate of drug-likeness (QED) is 0.225. The number of carboxylic acid groups (broad SMARTS) is 1. The average Bonchev–Trinajstić information content (AvgIpc) is 3.43. The molecule has 0 bridgehead atoms. The number of aromatic nitrogens is 3. The molecule has 0 aliphatic heterocycles. The fraction of sp³-hybridized carbons (Fsp3) is 0.0455. The van der Waals surface area contributed by atoms with Gasteiger partial charge in [0.2, 0.25) is 0 Å². The molecule has 0 saturated heterocycles. The molecule has 2 heterocycles.